The molecule has 0 amide bonds. The molecular formula is C56H34N2O. The Morgan fingerprint density at radius 3 is 1.42 bits per heavy atom. The maximum atomic E-state index is 6.79. The number of nitrogens with zero attached hydrogens (tertiary/aromatic N) is 2. The van der Waals surface area contributed by atoms with Crippen molar-refractivity contribution in [2.24, 2.45) is 0 Å². The highest BCUT2D eigenvalue weighted by Gasteiger charge is 2.19. The third kappa shape index (κ3) is 5.44. The van der Waals surface area contributed by atoms with Crippen molar-refractivity contribution < 1.29 is 4.42 Å². The molecule has 0 aliphatic rings. The van der Waals surface area contributed by atoms with Gasteiger partial charge in [0.25, 0.3) is 0 Å². The lowest BCUT2D eigenvalue weighted by Gasteiger charge is -2.13. The fraction of sp³-hybridized carbons (Fsp3) is 0. The molecule has 0 N–H and O–H groups in total. The van der Waals surface area contributed by atoms with Gasteiger partial charge in [0, 0.05) is 32.8 Å². The van der Waals surface area contributed by atoms with Crippen LogP contribution in [0.5, 0.6) is 0 Å². The maximum Gasteiger partial charge on any atom is 0.160 e. The first-order valence-electron chi connectivity index (χ1n) is 20.1. The van der Waals surface area contributed by atoms with Gasteiger partial charge in [-0.1, -0.05) is 182 Å². The summed E-state index contributed by atoms with van der Waals surface area (Å²) in [6.45, 7) is 0. The van der Waals surface area contributed by atoms with E-state index in [1.54, 1.807) is 0 Å². The summed E-state index contributed by atoms with van der Waals surface area (Å²) in [5, 5.41) is 12.1. The Hall–Kier alpha value is -7.88. The zero-order valence-corrected chi connectivity index (χ0v) is 31.9. The van der Waals surface area contributed by atoms with E-state index < -0.39 is 0 Å². The van der Waals surface area contributed by atoms with Gasteiger partial charge in [0.05, 0.1) is 11.4 Å². The van der Waals surface area contributed by atoms with Crippen LogP contribution in [0.25, 0.3) is 121 Å². The van der Waals surface area contributed by atoms with Crippen molar-refractivity contribution in [1.29, 1.82) is 0 Å². The Morgan fingerprint density at radius 2 is 0.797 bits per heavy atom. The monoisotopic (exact) mass is 750 g/mol. The number of hydrogen-bond acceptors (Lipinski definition) is 3. The average molecular weight is 751 g/mol. The van der Waals surface area contributed by atoms with Crippen LogP contribution in [-0.4, -0.2) is 9.97 Å². The molecule has 0 spiro atoms. The Bertz CT molecular complexity index is 3500. The fourth-order valence-electron chi connectivity index (χ4n) is 9.09. The molecule has 0 radical (unpaired) electrons. The second-order valence-electron chi connectivity index (χ2n) is 15.3. The van der Waals surface area contributed by atoms with Gasteiger partial charge in [0.15, 0.2) is 5.82 Å². The number of aromatic nitrogens is 2. The van der Waals surface area contributed by atoms with Crippen molar-refractivity contribution in [2.75, 3.05) is 0 Å². The quantitative estimate of drug-likeness (QED) is 0.164. The number of furan rings is 1. The van der Waals surface area contributed by atoms with Crippen LogP contribution in [-0.2, 0) is 0 Å². The number of benzene rings is 10. The molecule has 59 heavy (non-hydrogen) atoms. The van der Waals surface area contributed by atoms with Gasteiger partial charge in [-0.2, -0.15) is 0 Å². The Kier molecular flexibility index (Phi) is 7.54. The van der Waals surface area contributed by atoms with Crippen molar-refractivity contribution >= 4 is 65.0 Å². The van der Waals surface area contributed by atoms with Crippen molar-refractivity contribution in [3.8, 4) is 56.2 Å². The summed E-state index contributed by atoms with van der Waals surface area (Å²) in [5.74, 6) is 0.693. The van der Waals surface area contributed by atoms with Crippen LogP contribution in [0.2, 0.25) is 0 Å². The van der Waals surface area contributed by atoms with E-state index in [2.05, 4.69) is 170 Å². The lowest BCUT2D eigenvalue weighted by atomic mass is 9.90. The number of hydrogen-bond donors (Lipinski definition) is 0. The molecule has 0 aliphatic heterocycles. The average Bonchev–Trinajstić information content (AvgIpc) is 3.71. The molecule has 2 heterocycles. The van der Waals surface area contributed by atoms with Gasteiger partial charge in [-0.05, 0) is 84.2 Å². The molecule has 12 aromatic rings. The molecule has 0 unspecified atom stereocenters. The van der Waals surface area contributed by atoms with E-state index in [4.69, 9.17) is 14.4 Å². The molecule has 0 fully saturated rings. The van der Waals surface area contributed by atoms with Crippen LogP contribution in [0.3, 0.4) is 0 Å². The smallest absolute Gasteiger partial charge is 0.160 e. The van der Waals surface area contributed by atoms with Crippen molar-refractivity contribution in [3.63, 3.8) is 0 Å². The topological polar surface area (TPSA) is 38.9 Å². The minimum Gasteiger partial charge on any atom is -0.455 e. The highest BCUT2D eigenvalue weighted by Crippen LogP contribution is 2.45. The maximum absolute atomic E-state index is 6.79. The second kappa shape index (κ2) is 13.4. The van der Waals surface area contributed by atoms with Gasteiger partial charge in [-0.15, -0.1) is 0 Å². The molecule has 3 nitrogen and oxygen atoms in total. The van der Waals surface area contributed by atoms with Gasteiger partial charge in [-0.25, -0.2) is 9.97 Å². The summed E-state index contributed by atoms with van der Waals surface area (Å²) < 4.78 is 6.79. The van der Waals surface area contributed by atoms with Gasteiger partial charge >= 0.3 is 0 Å². The van der Waals surface area contributed by atoms with Crippen LogP contribution in [0.1, 0.15) is 0 Å². The van der Waals surface area contributed by atoms with Gasteiger partial charge in [-0.3, -0.25) is 0 Å². The summed E-state index contributed by atoms with van der Waals surface area (Å²) in [7, 11) is 0. The lowest BCUT2D eigenvalue weighted by molar-refractivity contribution is 0.673. The van der Waals surface area contributed by atoms with E-state index in [0.29, 0.717) is 5.82 Å². The largest absolute Gasteiger partial charge is 0.455 e. The molecule has 12 rings (SSSR count). The Labute approximate surface area is 340 Å². The van der Waals surface area contributed by atoms with Crippen LogP contribution in [0, 0.1) is 0 Å². The van der Waals surface area contributed by atoms with Crippen LogP contribution in [0.4, 0.5) is 0 Å². The fourth-order valence-corrected chi connectivity index (χ4v) is 9.09. The zero-order chi connectivity index (χ0) is 38.9. The van der Waals surface area contributed by atoms with Crippen molar-refractivity contribution in [3.05, 3.63) is 206 Å². The summed E-state index contributed by atoms with van der Waals surface area (Å²) in [5.41, 5.74) is 11.2. The van der Waals surface area contributed by atoms with E-state index in [1.165, 1.54) is 32.3 Å². The van der Waals surface area contributed by atoms with Gasteiger partial charge in [0.2, 0.25) is 0 Å². The Balaban J connectivity index is 1.02. The van der Waals surface area contributed by atoms with Crippen LogP contribution >= 0.6 is 0 Å². The molecule has 2 aromatic heterocycles. The standard InChI is InChI=1S/C56H34N2O/c1-3-14-36(15-4-1)51-34-52(37-16-5-2-6-17-37)58-56(57-51)38-28-26-35(27-29-38)48-33-50-54-40(24-13-25-53(54)59-55(50)47-23-12-11-22-45(47)48)39-30-31-46-43-20-8-7-18-41(43)42-19-9-10-21-44(42)49(46)32-39/h1-34H. The minimum atomic E-state index is 0.693. The van der Waals surface area contributed by atoms with Crippen molar-refractivity contribution in [1.82, 2.24) is 9.97 Å². The third-order valence-electron chi connectivity index (χ3n) is 11.9. The summed E-state index contributed by atoms with van der Waals surface area (Å²) in [6.07, 6.45) is 0. The predicted molar refractivity (Wildman–Crippen MR) is 247 cm³/mol. The Morgan fingerprint density at radius 1 is 0.288 bits per heavy atom. The third-order valence-corrected chi connectivity index (χ3v) is 11.9. The molecule has 10 aromatic carbocycles. The van der Waals surface area contributed by atoms with E-state index in [0.717, 1.165) is 83.0 Å². The molecule has 274 valence electrons. The first-order chi connectivity index (χ1) is 29.2. The van der Waals surface area contributed by atoms with Crippen LogP contribution < -0.4 is 0 Å². The SMILES string of the molecule is c1ccc(-c2cc(-c3ccccc3)nc(-c3ccc(-c4cc5c(oc6cccc(-c7ccc8c9ccccc9c9ccccc9c8c7)c65)c5ccccc45)cc3)n2)cc1. The zero-order valence-electron chi connectivity index (χ0n) is 31.9. The summed E-state index contributed by atoms with van der Waals surface area (Å²) >= 11 is 0. The van der Waals surface area contributed by atoms with Gasteiger partial charge < -0.3 is 4.42 Å². The lowest BCUT2D eigenvalue weighted by Crippen LogP contribution is -1.96. The molecule has 3 heteroatoms. The highest BCUT2D eigenvalue weighted by atomic mass is 16.3. The number of rotatable bonds is 5. The van der Waals surface area contributed by atoms with E-state index in [1.807, 2.05) is 36.4 Å². The molecule has 0 saturated carbocycles. The molecule has 0 aliphatic carbocycles. The molecular weight excluding hydrogens is 717 g/mol. The van der Waals surface area contributed by atoms with Crippen LogP contribution in [0.15, 0.2) is 211 Å². The van der Waals surface area contributed by atoms with E-state index in [-0.39, 0.29) is 0 Å². The van der Waals surface area contributed by atoms with Crippen molar-refractivity contribution in [2.45, 2.75) is 0 Å². The molecule has 0 atom stereocenters. The van der Waals surface area contributed by atoms with E-state index >= 15 is 0 Å². The summed E-state index contributed by atoms with van der Waals surface area (Å²) in [6, 6.07) is 73.2. The number of fused-ring (bicyclic) bond motifs is 11. The summed E-state index contributed by atoms with van der Waals surface area (Å²) in [4.78, 5) is 10.2. The second-order valence-corrected chi connectivity index (χ2v) is 15.3. The molecule has 0 saturated heterocycles. The highest BCUT2D eigenvalue weighted by molar-refractivity contribution is 6.27. The van der Waals surface area contributed by atoms with Gasteiger partial charge in [0.1, 0.15) is 11.2 Å². The van der Waals surface area contributed by atoms with E-state index in [9.17, 15) is 0 Å². The molecule has 0 bridgehead atoms. The predicted octanol–water partition coefficient (Wildman–Crippen LogP) is 15.3. The first kappa shape index (κ1) is 33.3. The normalized spacial score (nSPS) is 11.7. The first-order valence-corrected chi connectivity index (χ1v) is 20.1. The minimum absolute atomic E-state index is 0.693.